The molecule has 242 valence electrons. The van der Waals surface area contributed by atoms with Gasteiger partial charge in [0.2, 0.25) is 24.0 Å². The van der Waals surface area contributed by atoms with Crippen molar-refractivity contribution < 1.29 is 33.5 Å². The number of nitrogens with one attached hydrogen (secondary N) is 1. The lowest BCUT2D eigenvalue weighted by Crippen LogP contribution is -2.47. The Kier molecular flexibility index (Phi) is 8.21. The van der Waals surface area contributed by atoms with Gasteiger partial charge in [-0.3, -0.25) is 14.5 Å². The van der Waals surface area contributed by atoms with E-state index in [0.29, 0.717) is 41.2 Å². The zero-order valence-electron chi connectivity index (χ0n) is 27.1. The second-order valence-electron chi connectivity index (χ2n) is 13.3. The number of ether oxygens (including phenoxy) is 1. The predicted octanol–water partition coefficient (Wildman–Crippen LogP) is 0.802. The Morgan fingerprint density at radius 3 is 2.54 bits per heavy atom. The average molecular weight is 632 g/mol. The van der Waals surface area contributed by atoms with E-state index in [1.165, 1.54) is 9.46 Å². The minimum atomic E-state index is -0.638. The van der Waals surface area contributed by atoms with Gasteiger partial charge in [0.15, 0.2) is 5.69 Å². The summed E-state index contributed by atoms with van der Waals surface area (Å²) < 4.78 is 10.5. The normalized spacial score (nSPS) is 22.6. The maximum absolute atomic E-state index is 13.8. The van der Waals surface area contributed by atoms with Gasteiger partial charge >= 0.3 is 5.97 Å². The molecule has 3 aromatic heterocycles. The van der Waals surface area contributed by atoms with Crippen LogP contribution in [0.4, 0.5) is 5.82 Å². The van der Waals surface area contributed by atoms with Crippen LogP contribution in [-0.4, -0.2) is 64.2 Å². The van der Waals surface area contributed by atoms with E-state index in [9.17, 15) is 9.59 Å². The van der Waals surface area contributed by atoms with Crippen LogP contribution in [0, 0.1) is 23.2 Å². The Morgan fingerprint density at radius 1 is 1.11 bits per heavy atom. The zero-order chi connectivity index (χ0) is 32.7. The van der Waals surface area contributed by atoms with Gasteiger partial charge in [0, 0.05) is 26.5 Å². The van der Waals surface area contributed by atoms with E-state index in [0.717, 1.165) is 36.2 Å². The first-order valence-corrected chi connectivity index (χ1v) is 15.5. The largest absolute Gasteiger partial charge is 0.459 e. The van der Waals surface area contributed by atoms with Gasteiger partial charge in [-0.2, -0.15) is 5.10 Å². The fourth-order valence-electron chi connectivity index (χ4n) is 6.17. The summed E-state index contributed by atoms with van der Waals surface area (Å²) in [4.78, 5) is 51.1. The molecule has 14 nitrogen and oxygen atoms in total. The Labute approximate surface area is 267 Å². The third-order valence-electron chi connectivity index (χ3n) is 8.93. The molecule has 14 heteroatoms. The summed E-state index contributed by atoms with van der Waals surface area (Å²) in [7, 11) is 3.11. The smallest absolute Gasteiger partial charge is 0.354 e. The summed E-state index contributed by atoms with van der Waals surface area (Å²) in [5, 5.41) is 7.79. The second-order valence-corrected chi connectivity index (χ2v) is 13.3. The molecule has 3 aromatic rings. The van der Waals surface area contributed by atoms with Gasteiger partial charge in [0.25, 0.3) is 18.3 Å². The summed E-state index contributed by atoms with van der Waals surface area (Å²) in [6.07, 6.45) is 13.1. The van der Waals surface area contributed by atoms with Gasteiger partial charge in [-0.05, 0) is 42.9 Å². The highest BCUT2D eigenvalue weighted by atomic mass is 16.6. The number of allylic oxidation sites excluding steroid dienone is 1. The molecule has 0 saturated heterocycles. The number of rotatable bonds is 9. The quantitative estimate of drug-likeness (QED) is 0.198. The monoisotopic (exact) mass is 631 g/mol. The number of hydrogen-bond acceptors (Lipinski definition) is 10. The lowest BCUT2D eigenvalue weighted by Gasteiger charge is -2.31. The Balaban J connectivity index is 1.19. The number of esters is 1. The van der Waals surface area contributed by atoms with Crippen LogP contribution in [0.3, 0.4) is 0 Å². The number of nitrogens with two attached hydrogens (primary N) is 1. The highest BCUT2D eigenvalue weighted by molar-refractivity contribution is 6.11. The Bertz CT molecular complexity index is 1740. The predicted molar refractivity (Wildman–Crippen MR) is 164 cm³/mol. The van der Waals surface area contributed by atoms with Gasteiger partial charge in [0.1, 0.15) is 26.5 Å². The van der Waals surface area contributed by atoms with Crippen molar-refractivity contribution in [2.24, 2.45) is 33.9 Å². The standard InChI is InChI=1S/C32H40N9O5/c1-18-11-21-23(12-18)41(26-16-40(45-6)10-8-35-26)38-29(21)30(42)36-24(32(2,3)4)17-46-31(43)27(33)22-14-19-13-20(19)28(22)37-25-15-39(44-5)9-7-34-25/h7-10,15-16,18-20,24H,11-14,17H2,1-6H3,(H2-,33,34,36,37,42)/q+1/p+1. The molecule has 4 atom stereocenters. The maximum Gasteiger partial charge on any atom is 0.354 e. The van der Waals surface area contributed by atoms with Crippen molar-refractivity contribution in [3.8, 4) is 5.82 Å². The lowest BCUT2D eigenvalue weighted by molar-refractivity contribution is -0.885. The van der Waals surface area contributed by atoms with Crippen LogP contribution >= 0.6 is 0 Å². The van der Waals surface area contributed by atoms with E-state index in [1.54, 1.807) is 56.1 Å². The molecular weight excluding hydrogens is 590 g/mol. The number of amides is 1. The van der Waals surface area contributed by atoms with Crippen LogP contribution in [0.2, 0.25) is 0 Å². The fourth-order valence-corrected chi connectivity index (χ4v) is 6.17. The molecule has 46 heavy (non-hydrogen) atoms. The van der Waals surface area contributed by atoms with Crippen molar-refractivity contribution in [3.05, 3.63) is 65.4 Å². The number of aromatic nitrogens is 6. The number of carbonyl (C=O) groups is 2. The SMILES string of the molecule is CO[n+]1ccnc(N=C2/C(=C(\N)C(=O)OCC(NC(=O)c3nn(-c4c[n+](OC)ccn4)c4c3CC(C)C4)C(C)(C)C)CC3CC23)c1. The zero-order valence-corrected chi connectivity index (χ0v) is 27.1. The molecule has 0 aromatic carbocycles. The molecule has 2 saturated carbocycles. The van der Waals surface area contributed by atoms with E-state index >= 15 is 0 Å². The summed E-state index contributed by atoms with van der Waals surface area (Å²) >= 11 is 0. The first kappa shape index (κ1) is 31.1. The summed E-state index contributed by atoms with van der Waals surface area (Å²) in [6.45, 7) is 8.01. The molecule has 0 aliphatic heterocycles. The summed E-state index contributed by atoms with van der Waals surface area (Å²) in [5.74, 6) is 1.05. The molecule has 3 heterocycles. The van der Waals surface area contributed by atoms with Crippen LogP contribution in [0.1, 0.15) is 62.3 Å². The molecule has 0 radical (unpaired) electrons. The number of hydrogen-bond donors (Lipinski definition) is 2. The molecule has 3 aliphatic carbocycles. The van der Waals surface area contributed by atoms with E-state index in [1.807, 2.05) is 20.8 Å². The van der Waals surface area contributed by atoms with Crippen LogP contribution in [0.15, 0.2) is 53.4 Å². The number of aliphatic imine (C=N–C) groups is 1. The van der Waals surface area contributed by atoms with Gasteiger partial charge in [-0.15, -0.1) is 0 Å². The van der Waals surface area contributed by atoms with Crippen LogP contribution in [-0.2, 0) is 22.4 Å². The Hall–Kier alpha value is -4.88. The van der Waals surface area contributed by atoms with E-state index in [-0.39, 0.29) is 24.1 Å². The summed E-state index contributed by atoms with van der Waals surface area (Å²) in [5.41, 5.74) is 9.64. The third-order valence-corrected chi connectivity index (χ3v) is 8.93. The van der Waals surface area contributed by atoms with Crippen molar-refractivity contribution in [3.63, 3.8) is 0 Å². The molecular formula is C32H41N9O5+2. The van der Waals surface area contributed by atoms with E-state index < -0.39 is 17.4 Å². The van der Waals surface area contributed by atoms with Gasteiger partial charge in [-0.25, -0.2) is 24.4 Å². The fraction of sp³-hybridized carbons (Fsp3) is 0.500. The average Bonchev–Trinajstić information content (AvgIpc) is 3.38. The molecule has 3 aliphatic rings. The molecule has 6 rings (SSSR count). The van der Waals surface area contributed by atoms with Gasteiger partial charge in [0.05, 0.1) is 29.8 Å². The first-order valence-electron chi connectivity index (χ1n) is 15.5. The third kappa shape index (κ3) is 6.15. The van der Waals surface area contributed by atoms with Crippen molar-refractivity contribution in [2.75, 3.05) is 20.8 Å². The van der Waals surface area contributed by atoms with Gasteiger partial charge < -0.3 is 15.8 Å². The topological polar surface area (TPSA) is 164 Å². The molecule has 2 fully saturated rings. The van der Waals surface area contributed by atoms with Crippen molar-refractivity contribution in [1.82, 2.24) is 25.1 Å². The van der Waals surface area contributed by atoms with Gasteiger partial charge in [-0.1, -0.05) is 27.7 Å². The summed E-state index contributed by atoms with van der Waals surface area (Å²) in [6, 6.07) is -0.519. The van der Waals surface area contributed by atoms with Crippen molar-refractivity contribution in [1.29, 1.82) is 0 Å². The van der Waals surface area contributed by atoms with Crippen molar-refractivity contribution in [2.45, 2.75) is 59.4 Å². The lowest BCUT2D eigenvalue weighted by atomic mass is 9.87. The highest BCUT2D eigenvalue weighted by Gasteiger charge is 2.50. The molecule has 0 bridgehead atoms. The number of nitrogens with zero attached hydrogens (tertiary/aromatic N) is 7. The minimum Gasteiger partial charge on any atom is -0.459 e. The van der Waals surface area contributed by atoms with Crippen LogP contribution < -0.4 is 30.2 Å². The molecule has 3 N–H and O–H groups in total. The minimum absolute atomic E-state index is 0.0368. The van der Waals surface area contributed by atoms with E-state index in [4.69, 9.17) is 30.2 Å². The maximum atomic E-state index is 13.8. The van der Waals surface area contributed by atoms with E-state index in [2.05, 4.69) is 22.2 Å². The molecule has 4 unspecified atom stereocenters. The van der Waals surface area contributed by atoms with Crippen molar-refractivity contribution >= 4 is 23.4 Å². The number of fused-ring (bicyclic) bond motifs is 2. The second kappa shape index (κ2) is 12.1. The molecule has 1 amide bonds. The van der Waals surface area contributed by atoms with Crippen LogP contribution in [0.5, 0.6) is 0 Å². The Morgan fingerprint density at radius 2 is 1.83 bits per heavy atom. The number of carbonyl (C=O) groups excluding carboxylic acids is 2. The van der Waals surface area contributed by atoms with Crippen LogP contribution in [0.25, 0.3) is 5.82 Å². The highest BCUT2D eigenvalue weighted by Crippen LogP contribution is 2.53. The first-order chi connectivity index (χ1) is 22.0. The molecule has 0 spiro atoms.